The molecule has 0 saturated carbocycles. The molecule has 7 heteroatoms. The number of aromatic nitrogens is 3. The standard InChI is InChI=1S/C30H27N5O2/c1-20-4-8-25(9-5-20)37-29-11-7-23(17-33-29)34-30(36)27-19-32-28-10-6-21(15-26(27)28)22-14-24(18-31-16-22)35-12-2-3-13-35/h4-11,14-19,32H,2-3,12-13H2,1H3,(H,34,36). The Hall–Kier alpha value is -4.65. The SMILES string of the molecule is Cc1ccc(Oc2ccc(NC(=O)c3c[nH]c4ccc(-c5cncc(N6CCCC6)c5)cc34)cn2)cc1. The molecule has 2 aromatic carbocycles. The van der Waals surface area contributed by atoms with Crippen LogP contribution in [0.4, 0.5) is 11.4 Å². The van der Waals surface area contributed by atoms with Crippen molar-refractivity contribution in [3.05, 3.63) is 96.6 Å². The van der Waals surface area contributed by atoms with Crippen LogP contribution in [-0.2, 0) is 0 Å². The van der Waals surface area contributed by atoms with E-state index in [4.69, 9.17) is 4.74 Å². The van der Waals surface area contributed by atoms with E-state index in [0.29, 0.717) is 22.9 Å². The smallest absolute Gasteiger partial charge is 0.257 e. The lowest BCUT2D eigenvalue weighted by Crippen LogP contribution is -2.17. The molecule has 184 valence electrons. The summed E-state index contributed by atoms with van der Waals surface area (Å²) in [5, 5.41) is 3.80. The van der Waals surface area contributed by atoms with Crippen molar-refractivity contribution in [2.45, 2.75) is 19.8 Å². The Balaban J connectivity index is 1.20. The van der Waals surface area contributed by atoms with Gasteiger partial charge in [-0.15, -0.1) is 0 Å². The number of benzene rings is 2. The zero-order valence-corrected chi connectivity index (χ0v) is 20.6. The van der Waals surface area contributed by atoms with Gasteiger partial charge in [0.2, 0.25) is 5.88 Å². The van der Waals surface area contributed by atoms with Crippen LogP contribution in [-0.4, -0.2) is 33.9 Å². The highest BCUT2D eigenvalue weighted by Gasteiger charge is 2.16. The number of H-pyrrole nitrogens is 1. The van der Waals surface area contributed by atoms with Crippen LogP contribution in [0.25, 0.3) is 22.0 Å². The van der Waals surface area contributed by atoms with E-state index in [1.165, 1.54) is 12.8 Å². The molecule has 37 heavy (non-hydrogen) atoms. The summed E-state index contributed by atoms with van der Waals surface area (Å²) in [5.74, 6) is 0.968. The number of ether oxygens (including phenoxy) is 1. The number of pyridine rings is 2. The van der Waals surface area contributed by atoms with E-state index in [1.807, 2.05) is 55.7 Å². The van der Waals surface area contributed by atoms with Gasteiger partial charge in [0, 0.05) is 48.0 Å². The predicted octanol–water partition coefficient (Wildman–Crippen LogP) is 6.58. The molecule has 1 aliphatic heterocycles. The molecule has 0 bridgehead atoms. The predicted molar refractivity (Wildman–Crippen MR) is 146 cm³/mol. The molecule has 1 amide bonds. The molecular formula is C30H27N5O2. The Morgan fingerprint density at radius 1 is 0.946 bits per heavy atom. The number of rotatable bonds is 6. The van der Waals surface area contributed by atoms with Gasteiger partial charge in [-0.05, 0) is 61.7 Å². The molecule has 4 heterocycles. The van der Waals surface area contributed by atoms with Crippen LogP contribution in [0.5, 0.6) is 11.6 Å². The number of fused-ring (bicyclic) bond motifs is 1. The summed E-state index contributed by atoms with van der Waals surface area (Å²) in [5.41, 5.74) is 6.42. The van der Waals surface area contributed by atoms with Crippen molar-refractivity contribution in [1.82, 2.24) is 15.0 Å². The second kappa shape index (κ2) is 9.78. The molecule has 7 nitrogen and oxygen atoms in total. The first kappa shape index (κ1) is 22.8. The van der Waals surface area contributed by atoms with Crippen molar-refractivity contribution in [2.24, 2.45) is 0 Å². The lowest BCUT2D eigenvalue weighted by molar-refractivity contribution is 0.102. The lowest BCUT2D eigenvalue weighted by Gasteiger charge is -2.17. The summed E-state index contributed by atoms with van der Waals surface area (Å²) >= 11 is 0. The Morgan fingerprint density at radius 3 is 2.57 bits per heavy atom. The lowest BCUT2D eigenvalue weighted by atomic mass is 10.0. The normalized spacial score (nSPS) is 13.2. The van der Waals surface area contributed by atoms with Crippen LogP contribution in [0.2, 0.25) is 0 Å². The zero-order valence-electron chi connectivity index (χ0n) is 20.6. The van der Waals surface area contributed by atoms with Gasteiger partial charge in [-0.2, -0.15) is 0 Å². The third-order valence-corrected chi connectivity index (χ3v) is 6.69. The van der Waals surface area contributed by atoms with Gasteiger partial charge in [0.05, 0.1) is 29.3 Å². The molecule has 6 rings (SSSR count). The number of hydrogen-bond donors (Lipinski definition) is 2. The van der Waals surface area contributed by atoms with Gasteiger partial charge in [-0.1, -0.05) is 23.8 Å². The average molecular weight is 490 g/mol. The zero-order chi connectivity index (χ0) is 25.2. The Kier molecular flexibility index (Phi) is 6.02. The van der Waals surface area contributed by atoms with Crippen LogP contribution >= 0.6 is 0 Å². The molecule has 3 aromatic heterocycles. The Labute approximate surface area is 215 Å². The molecule has 0 aliphatic carbocycles. The summed E-state index contributed by atoms with van der Waals surface area (Å²) in [4.78, 5) is 27.6. The molecule has 0 unspecified atom stereocenters. The summed E-state index contributed by atoms with van der Waals surface area (Å²) in [6, 6.07) is 19.6. The van der Waals surface area contributed by atoms with E-state index in [2.05, 4.69) is 37.3 Å². The number of amides is 1. The van der Waals surface area contributed by atoms with E-state index in [-0.39, 0.29) is 5.91 Å². The highest BCUT2D eigenvalue weighted by atomic mass is 16.5. The molecule has 2 N–H and O–H groups in total. The fourth-order valence-corrected chi connectivity index (χ4v) is 4.66. The molecule has 0 spiro atoms. The highest BCUT2D eigenvalue weighted by molar-refractivity contribution is 6.13. The molecule has 0 radical (unpaired) electrons. The van der Waals surface area contributed by atoms with E-state index in [1.54, 1.807) is 24.5 Å². The molecular weight excluding hydrogens is 462 g/mol. The minimum Gasteiger partial charge on any atom is -0.439 e. The van der Waals surface area contributed by atoms with Gasteiger partial charge < -0.3 is 19.9 Å². The van der Waals surface area contributed by atoms with Gasteiger partial charge in [0.15, 0.2) is 0 Å². The molecule has 1 saturated heterocycles. The average Bonchev–Trinajstić information content (AvgIpc) is 3.61. The van der Waals surface area contributed by atoms with Gasteiger partial charge >= 0.3 is 0 Å². The highest BCUT2D eigenvalue weighted by Crippen LogP contribution is 2.30. The van der Waals surface area contributed by atoms with Gasteiger partial charge in [0.1, 0.15) is 5.75 Å². The van der Waals surface area contributed by atoms with Crippen LogP contribution < -0.4 is 15.0 Å². The first-order valence-corrected chi connectivity index (χ1v) is 12.5. The first-order valence-electron chi connectivity index (χ1n) is 12.5. The van der Waals surface area contributed by atoms with Crippen LogP contribution in [0.1, 0.15) is 28.8 Å². The number of aromatic amines is 1. The maximum Gasteiger partial charge on any atom is 0.257 e. The molecule has 5 aromatic rings. The van der Waals surface area contributed by atoms with E-state index < -0.39 is 0 Å². The van der Waals surface area contributed by atoms with E-state index in [0.717, 1.165) is 46.4 Å². The fraction of sp³-hybridized carbons (Fsp3) is 0.167. The van der Waals surface area contributed by atoms with E-state index in [9.17, 15) is 4.79 Å². The van der Waals surface area contributed by atoms with Crippen molar-refractivity contribution < 1.29 is 9.53 Å². The van der Waals surface area contributed by atoms with Gasteiger partial charge in [-0.25, -0.2) is 4.98 Å². The Bertz CT molecular complexity index is 1550. The summed E-state index contributed by atoms with van der Waals surface area (Å²) < 4.78 is 5.78. The maximum absolute atomic E-state index is 13.2. The topological polar surface area (TPSA) is 83.1 Å². The van der Waals surface area contributed by atoms with E-state index >= 15 is 0 Å². The number of carbonyl (C=O) groups is 1. The van der Waals surface area contributed by atoms with Crippen molar-refractivity contribution in [2.75, 3.05) is 23.3 Å². The summed E-state index contributed by atoms with van der Waals surface area (Å²) in [6.45, 7) is 4.17. The van der Waals surface area contributed by atoms with Crippen molar-refractivity contribution >= 4 is 28.2 Å². The Morgan fingerprint density at radius 2 is 1.78 bits per heavy atom. The summed E-state index contributed by atoms with van der Waals surface area (Å²) in [6.07, 6.45) is 9.57. The quantitative estimate of drug-likeness (QED) is 0.282. The third kappa shape index (κ3) is 4.89. The monoisotopic (exact) mass is 489 g/mol. The fourth-order valence-electron chi connectivity index (χ4n) is 4.66. The minimum atomic E-state index is -0.207. The number of nitrogens with zero attached hydrogens (tertiary/aromatic N) is 3. The van der Waals surface area contributed by atoms with Crippen LogP contribution in [0, 0.1) is 6.92 Å². The number of nitrogens with one attached hydrogen (secondary N) is 2. The number of carbonyl (C=O) groups excluding carboxylic acids is 1. The number of aryl methyl sites for hydroxylation is 1. The van der Waals surface area contributed by atoms with Gasteiger partial charge in [0.25, 0.3) is 5.91 Å². The second-order valence-electron chi connectivity index (χ2n) is 9.34. The van der Waals surface area contributed by atoms with Crippen molar-refractivity contribution in [3.63, 3.8) is 0 Å². The number of hydrogen-bond acceptors (Lipinski definition) is 5. The maximum atomic E-state index is 13.2. The second-order valence-corrected chi connectivity index (χ2v) is 9.34. The van der Waals surface area contributed by atoms with Crippen molar-refractivity contribution in [1.29, 1.82) is 0 Å². The van der Waals surface area contributed by atoms with Gasteiger partial charge in [-0.3, -0.25) is 9.78 Å². The van der Waals surface area contributed by atoms with Crippen molar-refractivity contribution in [3.8, 4) is 22.8 Å². The van der Waals surface area contributed by atoms with Crippen LogP contribution in [0.3, 0.4) is 0 Å². The molecule has 0 atom stereocenters. The third-order valence-electron chi connectivity index (χ3n) is 6.69. The largest absolute Gasteiger partial charge is 0.439 e. The van der Waals surface area contributed by atoms with Crippen LogP contribution in [0.15, 0.2) is 85.5 Å². The molecule has 1 aliphatic rings. The minimum absolute atomic E-state index is 0.207. The summed E-state index contributed by atoms with van der Waals surface area (Å²) in [7, 11) is 0. The first-order chi connectivity index (χ1) is 18.1. The number of anilines is 2. The molecule has 1 fully saturated rings.